The summed E-state index contributed by atoms with van der Waals surface area (Å²) < 4.78 is 0. The molecule has 0 unspecified atom stereocenters. The first-order valence-electron chi connectivity index (χ1n) is 4.88. The Morgan fingerprint density at radius 2 is 2.33 bits per heavy atom. The third-order valence-corrected chi connectivity index (χ3v) is 3.20. The van der Waals surface area contributed by atoms with Gasteiger partial charge in [0.1, 0.15) is 5.69 Å². The van der Waals surface area contributed by atoms with E-state index in [4.69, 9.17) is 5.26 Å². The highest BCUT2D eigenvalue weighted by atomic mass is 32.1. The lowest BCUT2D eigenvalue weighted by molar-refractivity contribution is 0.0702. The Balaban J connectivity index is 1.97. The van der Waals surface area contributed by atoms with E-state index < -0.39 is 0 Å². The van der Waals surface area contributed by atoms with Crippen molar-refractivity contribution in [1.29, 1.82) is 5.26 Å². The van der Waals surface area contributed by atoms with Gasteiger partial charge in [0.15, 0.2) is 0 Å². The maximum absolute atomic E-state index is 11.8. The van der Waals surface area contributed by atoms with Crippen molar-refractivity contribution >= 4 is 17.2 Å². The molecule has 1 aromatic heterocycles. The number of nitrogens with zero attached hydrogens (tertiary/aromatic N) is 3. The summed E-state index contributed by atoms with van der Waals surface area (Å²) in [6.07, 6.45) is 1.57. The van der Waals surface area contributed by atoms with Crippen molar-refractivity contribution in [3.8, 4) is 6.07 Å². The highest BCUT2D eigenvalue weighted by Crippen LogP contribution is 2.18. The highest BCUT2D eigenvalue weighted by molar-refractivity contribution is 7.07. The quantitative estimate of drug-likeness (QED) is 0.722. The molecule has 0 spiro atoms. The van der Waals surface area contributed by atoms with Crippen molar-refractivity contribution in [3.63, 3.8) is 0 Å². The molecule has 1 aliphatic heterocycles. The lowest BCUT2D eigenvalue weighted by Crippen LogP contribution is -2.38. The van der Waals surface area contributed by atoms with E-state index in [1.165, 1.54) is 11.3 Å². The molecular formula is C10H11N3OS. The van der Waals surface area contributed by atoms with Gasteiger partial charge in [-0.05, 0) is 12.8 Å². The Hall–Kier alpha value is -1.41. The molecule has 4 nitrogen and oxygen atoms in total. The second-order valence-corrected chi connectivity index (χ2v) is 4.29. The molecular weight excluding hydrogens is 210 g/mol. The van der Waals surface area contributed by atoms with Gasteiger partial charge in [-0.2, -0.15) is 5.26 Å². The number of aromatic nitrogens is 1. The van der Waals surface area contributed by atoms with Crippen LogP contribution in [0.3, 0.4) is 0 Å². The fraction of sp³-hybridized carbons (Fsp3) is 0.500. The zero-order chi connectivity index (χ0) is 10.7. The second-order valence-electron chi connectivity index (χ2n) is 3.57. The molecule has 78 valence electrons. The van der Waals surface area contributed by atoms with Crippen LogP contribution in [0.15, 0.2) is 10.9 Å². The van der Waals surface area contributed by atoms with E-state index in [0.29, 0.717) is 18.8 Å². The number of hydrogen-bond donors (Lipinski definition) is 0. The predicted octanol–water partition coefficient (Wildman–Crippen LogP) is 1.52. The Labute approximate surface area is 92.2 Å². The fourth-order valence-corrected chi connectivity index (χ4v) is 2.22. The van der Waals surface area contributed by atoms with E-state index >= 15 is 0 Å². The number of thiazole rings is 1. The normalized spacial score (nSPS) is 17.4. The van der Waals surface area contributed by atoms with E-state index in [1.54, 1.807) is 15.8 Å². The SMILES string of the molecule is N#CC1CCN(C(=O)c2cscn2)CC1. The second kappa shape index (κ2) is 4.41. The van der Waals surface area contributed by atoms with Gasteiger partial charge >= 0.3 is 0 Å². The molecule has 1 aromatic rings. The van der Waals surface area contributed by atoms with E-state index in [0.717, 1.165) is 12.8 Å². The number of amides is 1. The van der Waals surface area contributed by atoms with Gasteiger partial charge in [-0.1, -0.05) is 0 Å². The van der Waals surface area contributed by atoms with Gasteiger partial charge in [0.2, 0.25) is 0 Å². The zero-order valence-corrected chi connectivity index (χ0v) is 9.04. The lowest BCUT2D eigenvalue weighted by Gasteiger charge is -2.28. The molecule has 2 rings (SSSR count). The van der Waals surface area contributed by atoms with Crippen LogP contribution in [0.25, 0.3) is 0 Å². The van der Waals surface area contributed by atoms with E-state index in [-0.39, 0.29) is 11.8 Å². The van der Waals surface area contributed by atoms with Gasteiger partial charge in [-0.25, -0.2) is 4.98 Å². The summed E-state index contributed by atoms with van der Waals surface area (Å²) in [5.41, 5.74) is 2.19. The van der Waals surface area contributed by atoms with Gasteiger partial charge in [-0.3, -0.25) is 4.79 Å². The molecule has 0 aliphatic carbocycles. The summed E-state index contributed by atoms with van der Waals surface area (Å²) >= 11 is 1.43. The molecule has 0 N–H and O–H groups in total. The molecule has 1 fully saturated rings. The largest absolute Gasteiger partial charge is 0.337 e. The molecule has 0 aromatic carbocycles. The summed E-state index contributed by atoms with van der Waals surface area (Å²) in [5, 5.41) is 10.5. The van der Waals surface area contributed by atoms with Crippen molar-refractivity contribution < 1.29 is 4.79 Å². The smallest absolute Gasteiger partial charge is 0.273 e. The van der Waals surface area contributed by atoms with Crippen LogP contribution in [0, 0.1) is 17.2 Å². The van der Waals surface area contributed by atoms with Gasteiger partial charge in [-0.15, -0.1) is 11.3 Å². The van der Waals surface area contributed by atoms with Crippen LogP contribution in [0.2, 0.25) is 0 Å². The molecule has 1 aliphatic rings. The van der Waals surface area contributed by atoms with Gasteiger partial charge < -0.3 is 4.90 Å². The molecule has 2 heterocycles. The first-order chi connectivity index (χ1) is 7.31. The van der Waals surface area contributed by atoms with Crippen LogP contribution in [0.4, 0.5) is 0 Å². The number of hydrogen-bond acceptors (Lipinski definition) is 4. The summed E-state index contributed by atoms with van der Waals surface area (Å²) in [6.45, 7) is 1.35. The number of likely N-dealkylation sites (tertiary alicyclic amines) is 1. The van der Waals surface area contributed by atoms with E-state index in [2.05, 4.69) is 11.1 Å². The topological polar surface area (TPSA) is 57.0 Å². The summed E-state index contributed by atoms with van der Waals surface area (Å²) in [7, 11) is 0. The van der Waals surface area contributed by atoms with Gasteiger partial charge in [0.05, 0.1) is 11.6 Å². The standard InChI is InChI=1S/C10H11N3OS/c11-5-8-1-3-13(4-2-8)10(14)9-6-15-7-12-9/h6-8H,1-4H2. The van der Waals surface area contributed by atoms with Gasteiger partial charge in [0, 0.05) is 24.4 Å². The number of rotatable bonds is 1. The number of piperidine rings is 1. The Morgan fingerprint density at radius 3 is 2.87 bits per heavy atom. The maximum atomic E-state index is 11.8. The third kappa shape index (κ3) is 2.16. The van der Waals surface area contributed by atoms with Crippen LogP contribution in [0.5, 0.6) is 0 Å². The molecule has 0 atom stereocenters. The first-order valence-corrected chi connectivity index (χ1v) is 5.82. The number of nitriles is 1. The van der Waals surface area contributed by atoms with Crippen molar-refractivity contribution in [2.75, 3.05) is 13.1 Å². The molecule has 0 bridgehead atoms. The summed E-state index contributed by atoms with van der Waals surface area (Å²) in [6, 6.07) is 2.25. The van der Waals surface area contributed by atoms with Crippen molar-refractivity contribution in [2.24, 2.45) is 5.92 Å². The van der Waals surface area contributed by atoms with Crippen LogP contribution in [0.1, 0.15) is 23.3 Å². The van der Waals surface area contributed by atoms with Crippen molar-refractivity contribution in [3.05, 3.63) is 16.6 Å². The number of carbonyl (C=O) groups is 1. The molecule has 1 amide bonds. The minimum atomic E-state index is -0.00682. The third-order valence-electron chi connectivity index (χ3n) is 2.62. The molecule has 1 saturated heterocycles. The van der Waals surface area contributed by atoms with Crippen LogP contribution in [-0.4, -0.2) is 28.9 Å². The lowest BCUT2D eigenvalue weighted by atomic mass is 9.98. The van der Waals surface area contributed by atoms with E-state index in [9.17, 15) is 4.79 Å². The average molecular weight is 221 g/mol. The first kappa shape index (κ1) is 10.1. The van der Waals surface area contributed by atoms with Crippen LogP contribution in [-0.2, 0) is 0 Å². The summed E-state index contributed by atoms with van der Waals surface area (Å²) in [4.78, 5) is 17.6. The van der Waals surface area contributed by atoms with Crippen molar-refractivity contribution in [1.82, 2.24) is 9.88 Å². The van der Waals surface area contributed by atoms with Crippen molar-refractivity contribution in [2.45, 2.75) is 12.8 Å². The maximum Gasteiger partial charge on any atom is 0.273 e. The fourth-order valence-electron chi connectivity index (χ4n) is 1.69. The van der Waals surface area contributed by atoms with Crippen LogP contribution < -0.4 is 0 Å². The Morgan fingerprint density at radius 1 is 1.60 bits per heavy atom. The minimum absolute atomic E-state index is 0.00682. The predicted molar refractivity (Wildman–Crippen MR) is 56.4 cm³/mol. The Kier molecular flexibility index (Phi) is 2.97. The number of carbonyl (C=O) groups excluding carboxylic acids is 1. The average Bonchev–Trinajstić information content (AvgIpc) is 2.82. The monoisotopic (exact) mass is 221 g/mol. The highest BCUT2D eigenvalue weighted by Gasteiger charge is 2.24. The molecule has 5 heteroatoms. The molecule has 0 saturated carbocycles. The zero-order valence-electron chi connectivity index (χ0n) is 8.22. The Bertz CT molecular complexity index is 374. The minimum Gasteiger partial charge on any atom is -0.337 e. The summed E-state index contributed by atoms with van der Waals surface area (Å²) in [5.74, 6) is 0.108. The molecule has 0 radical (unpaired) electrons. The van der Waals surface area contributed by atoms with E-state index in [1.807, 2.05) is 0 Å². The van der Waals surface area contributed by atoms with Gasteiger partial charge in [0.25, 0.3) is 5.91 Å². The van der Waals surface area contributed by atoms with Crippen LogP contribution >= 0.6 is 11.3 Å². The molecule has 15 heavy (non-hydrogen) atoms.